The largest absolute Gasteiger partial charge is 0.462 e. The standard InChI is InChI=1S/C18H22N2O2.C6H6FN/c1-18(2,3)13-16(7-5-6-12-19)22-15-10-8-14(9-11-15)17(21)20-4;7-5-3-1-2-4-6-8/h5-11H,13H2,1-4H3,(H,20,21);1-4H,5H2/b6-5+,16-7-;3-1+,4-2+. The number of allylic oxidation sites excluding steroid dienone is 8. The highest BCUT2D eigenvalue weighted by atomic mass is 19.1. The molecule has 0 aliphatic heterocycles. The van der Waals surface area contributed by atoms with E-state index < -0.39 is 6.67 Å². The molecule has 6 heteroatoms. The van der Waals surface area contributed by atoms with Crippen LogP contribution in [0, 0.1) is 28.1 Å². The number of halogens is 1. The molecule has 0 saturated heterocycles. The van der Waals surface area contributed by atoms with Crippen molar-refractivity contribution in [3.63, 3.8) is 0 Å². The van der Waals surface area contributed by atoms with E-state index in [1.165, 1.54) is 30.4 Å². The van der Waals surface area contributed by atoms with Crippen molar-refractivity contribution in [3.8, 4) is 17.9 Å². The van der Waals surface area contributed by atoms with Gasteiger partial charge in [-0.25, -0.2) is 4.39 Å². The summed E-state index contributed by atoms with van der Waals surface area (Å²) < 4.78 is 17.1. The van der Waals surface area contributed by atoms with Gasteiger partial charge in [-0.2, -0.15) is 10.5 Å². The molecule has 0 aliphatic rings. The van der Waals surface area contributed by atoms with Crippen molar-refractivity contribution >= 4 is 5.91 Å². The van der Waals surface area contributed by atoms with Crippen LogP contribution in [0.3, 0.4) is 0 Å². The predicted octanol–water partition coefficient (Wildman–Crippen LogP) is 5.42. The fraction of sp³-hybridized carbons (Fsp3) is 0.292. The van der Waals surface area contributed by atoms with Gasteiger partial charge in [-0.15, -0.1) is 0 Å². The van der Waals surface area contributed by atoms with Crippen LogP contribution in [0.1, 0.15) is 37.6 Å². The van der Waals surface area contributed by atoms with E-state index in [4.69, 9.17) is 15.3 Å². The molecule has 1 N–H and O–H groups in total. The van der Waals surface area contributed by atoms with Crippen LogP contribution in [0.4, 0.5) is 4.39 Å². The molecular formula is C24H28FN3O2. The maximum Gasteiger partial charge on any atom is 0.251 e. The van der Waals surface area contributed by atoms with Crippen molar-refractivity contribution in [3.05, 3.63) is 78.1 Å². The van der Waals surface area contributed by atoms with Crippen LogP contribution in [0.15, 0.2) is 72.6 Å². The lowest BCUT2D eigenvalue weighted by molar-refractivity contribution is 0.0963. The summed E-state index contributed by atoms with van der Waals surface area (Å²) in [5.41, 5.74) is 0.648. The zero-order valence-corrected chi connectivity index (χ0v) is 17.9. The summed E-state index contributed by atoms with van der Waals surface area (Å²) in [6.45, 7) is 5.88. The number of hydrogen-bond donors (Lipinski definition) is 1. The average molecular weight is 410 g/mol. The molecule has 1 aromatic rings. The van der Waals surface area contributed by atoms with Gasteiger partial charge in [0.2, 0.25) is 0 Å². The second-order valence-corrected chi connectivity index (χ2v) is 7.13. The molecule has 1 rings (SSSR count). The first-order chi connectivity index (χ1) is 14.3. The highest BCUT2D eigenvalue weighted by Crippen LogP contribution is 2.26. The Morgan fingerprint density at radius 3 is 2.20 bits per heavy atom. The number of carbonyl (C=O) groups is 1. The highest BCUT2D eigenvalue weighted by Gasteiger charge is 2.14. The number of benzene rings is 1. The highest BCUT2D eigenvalue weighted by molar-refractivity contribution is 5.94. The van der Waals surface area contributed by atoms with Gasteiger partial charge in [0.25, 0.3) is 5.91 Å². The van der Waals surface area contributed by atoms with Crippen molar-refractivity contribution in [1.29, 1.82) is 10.5 Å². The van der Waals surface area contributed by atoms with Crippen LogP contribution >= 0.6 is 0 Å². The molecule has 158 valence electrons. The van der Waals surface area contributed by atoms with Gasteiger partial charge in [0.05, 0.1) is 12.1 Å². The quantitative estimate of drug-likeness (QED) is 0.370. The lowest BCUT2D eigenvalue weighted by Gasteiger charge is -2.20. The molecule has 0 aliphatic carbocycles. The number of nitrogens with zero attached hydrogens (tertiary/aromatic N) is 2. The van der Waals surface area contributed by atoms with Crippen molar-refractivity contribution in [2.75, 3.05) is 13.7 Å². The van der Waals surface area contributed by atoms with Crippen LogP contribution in [0.2, 0.25) is 0 Å². The van der Waals surface area contributed by atoms with Gasteiger partial charge in [-0.1, -0.05) is 39.0 Å². The topological polar surface area (TPSA) is 85.9 Å². The van der Waals surface area contributed by atoms with Crippen molar-refractivity contribution in [2.24, 2.45) is 5.41 Å². The van der Waals surface area contributed by atoms with Gasteiger partial charge >= 0.3 is 0 Å². The molecule has 30 heavy (non-hydrogen) atoms. The number of carbonyl (C=O) groups excluding carboxylic acids is 1. The number of alkyl halides is 1. The van der Waals surface area contributed by atoms with E-state index >= 15 is 0 Å². The van der Waals surface area contributed by atoms with Crippen LogP contribution in [-0.2, 0) is 0 Å². The Kier molecular flexibility index (Phi) is 13.4. The summed E-state index contributed by atoms with van der Waals surface area (Å²) >= 11 is 0. The Morgan fingerprint density at radius 1 is 1.10 bits per heavy atom. The smallest absolute Gasteiger partial charge is 0.251 e. The SMILES string of the molecule is CNC(=O)c1ccc(O/C(=C\C=C\C#N)CC(C)(C)C)cc1.N#C/C=C/C=C/CF. The minimum absolute atomic E-state index is 0.0638. The van der Waals surface area contributed by atoms with Crippen molar-refractivity contribution in [2.45, 2.75) is 27.2 Å². The van der Waals surface area contributed by atoms with Crippen LogP contribution in [-0.4, -0.2) is 19.6 Å². The monoisotopic (exact) mass is 409 g/mol. The van der Waals surface area contributed by atoms with E-state index in [9.17, 15) is 9.18 Å². The van der Waals surface area contributed by atoms with E-state index in [0.717, 1.165) is 12.2 Å². The van der Waals surface area contributed by atoms with Gasteiger partial charge < -0.3 is 10.1 Å². The normalized spacial score (nSPS) is 11.6. The average Bonchev–Trinajstić information content (AvgIpc) is 2.71. The number of rotatable bonds is 7. The molecule has 0 fully saturated rings. The third-order valence-electron chi connectivity index (χ3n) is 3.26. The van der Waals surface area contributed by atoms with Crippen LogP contribution in [0.5, 0.6) is 5.75 Å². The zero-order chi connectivity index (χ0) is 22.8. The summed E-state index contributed by atoms with van der Waals surface area (Å²) in [5, 5.41) is 19.0. The lowest BCUT2D eigenvalue weighted by atomic mass is 9.91. The molecule has 0 radical (unpaired) electrons. The second-order valence-electron chi connectivity index (χ2n) is 7.13. The Hall–Kier alpha value is -3.64. The minimum Gasteiger partial charge on any atom is -0.462 e. The minimum atomic E-state index is -0.476. The van der Waals surface area contributed by atoms with E-state index in [1.807, 2.05) is 6.07 Å². The molecule has 1 amide bonds. The summed E-state index contributed by atoms with van der Waals surface area (Å²) in [4.78, 5) is 11.5. The van der Waals surface area contributed by atoms with E-state index in [1.54, 1.807) is 49.5 Å². The lowest BCUT2D eigenvalue weighted by Crippen LogP contribution is -2.17. The molecule has 0 aromatic heterocycles. The molecule has 0 heterocycles. The van der Waals surface area contributed by atoms with Crippen LogP contribution < -0.4 is 10.1 Å². The second kappa shape index (κ2) is 15.3. The first kappa shape index (κ1) is 26.4. The first-order valence-electron chi connectivity index (χ1n) is 9.30. The number of hydrogen-bond acceptors (Lipinski definition) is 4. The molecule has 0 spiro atoms. The molecular weight excluding hydrogens is 381 g/mol. The van der Waals surface area contributed by atoms with E-state index in [2.05, 4.69) is 26.1 Å². The Balaban J connectivity index is 0.000000890. The predicted molar refractivity (Wildman–Crippen MR) is 117 cm³/mol. The van der Waals surface area contributed by atoms with Gasteiger partial charge in [-0.3, -0.25) is 4.79 Å². The molecule has 1 aromatic carbocycles. The molecule has 0 bridgehead atoms. The third kappa shape index (κ3) is 13.5. The van der Waals surface area contributed by atoms with Crippen LogP contribution in [0.25, 0.3) is 0 Å². The maximum absolute atomic E-state index is 11.5. The molecule has 0 unspecified atom stereocenters. The summed E-state index contributed by atoms with van der Waals surface area (Å²) in [6.07, 6.45) is 11.2. The van der Waals surface area contributed by atoms with Gasteiger partial charge in [0.1, 0.15) is 18.2 Å². The van der Waals surface area contributed by atoms with E-state index in [0.29, 0.717) is 11.3 Å². The zero-order valence-electron chi connectivity index (χ0n) is 17.9. The van der Waals surface area contributed by atoms with E-state index in [-0.39, 0.29) is 11.3 Å². The summed E-state index contributed by atoms with van der Waals surface area (Å²) in [7, 11) is 1.60. The van der Waals surface area contributed by atoms with Gasteiger partial charge in [-0.05, 0) is 41.8 Å². The van der Waals surface area contributed by atoms with Gasteiger partial charge in [0, 0.05) is 31.2 Å². The fourth-order valence-electron chi connectivity index (χ4n) is 2.05. The number of nitriles is 2. The Morgan fingerprint density at radius 2 is 1.70 bits per heavy atom. The summed E-state index contributed by atoms with van der Waals surface area (Å²) in [6, 6.07) is 10.7. The number of amides is 1. The molecule has 0 atom stereocenters. The Bertz CT molecular complexity index is 846. The maximum atomic E-state index is 11.5. The summed E-state index contributed by atoms with van der Waals surface area (Å²) in [5.74, 6) is 1.30. The fourth-order valence-corrected chi connectivity index (χ4v) is 2.05. The molecule has 5 nitrogen and oxygen atoms in total. The van der Waals surface area contributed by atoms with Crippen molar-refractivity contribution < 1.29 is 13.9 Å². The Labute approximate surface area is 178 Å². The number of ether oxygens (including phenoxy) is 1. The van der Waals surface area contributed by atoms with Crippen molar-refractivity contribution in [1.82, 2.24) is 5.32 Å². The first-order valence-corrected chi connectivity index (χ1v) is 9.30. The molecule has 0 saturated carbocycles. The third-order valence-corrected chi connectivity index (χ3v) is 3.26. The number of nitrogens with one attached hydrogen (secondary N) is 1. The van der Waals surface area contributed by atoms with Gasteiger partial charge in [0.15, 0.2) is 0 Å².